The van der Waals surface area contributed by atoms with Crippen LogP contribution in [0.4, 0.5) is 0 Å². The maximum atomic E-state index is 12.1. The summed E-state index contributed by atoms with van der Waals surface area (Å²) in [7, 11) is 1.63. The highest BCUT2D eigenvalue weighted by atomic mass is 35.5. The third-order valence-electron chi connectivity index (χ3n) is 4.04. The predicted octanol–water partition coefficient (Wildman–Crippen LogP) is 3.85. The number of methoxy groups -OCH3 is 1. The van der Waals surface area contributed by atoms with E-state index in [0.29, 0.717) is 17.3 Å². The van der Waals surface area contributed by atoms with E-state index in [2.05, 4.69) is 5.10 Å². The third kappa shape index (κ3) is 3.61. The fourth-order valence-corrected chi connectivity index (χ4v) is 2.94. The van der Waals surface area contributed by atoms with Crippen LogP contribution in [-0.4, -0.2) is 29.6 Å². The molecule has 2 aromatic carbocycles. The van der Waals surface area contributed by atoms with Gasteiger partial charge in [0.05, 0.1) is 7.11 Å². The Hall–Kier alpha value is -2.53. The van der Waals surface area contributed by atoms with Crippen LogP contribution in [0.15, 0.2) is 53.6 Å². The number of ether oxygens (including phenoxy) is 2. The molecule has 1 atom stereocenters. The minimum atomic E-state index is -0.893. The van der Waals surface area contributed by atoms with Crippen LogP contribution in [0.3, 0.4) is 0 Å². The average Bonchev–Trinajstić information content (AvgIpc) is 2.94. The van der Waals surface area contributed by atoms with E-state index < -0.39 is 5.72 Å². The molecule has 0 aliphatic carbocycles. The summed E-state index contributed by atoms with van der Waals surface area (Å²) in [5, 5.41) is 6.40. The standard InChI is InChI=1S/C19H19ClN2O3/c1-13(23)22-19(2,12-14-4-10-17(24-3)11-5-14)25-18(21-22)15-6-8-16(20)9-7-15/h4-11H,12H2,1-3H3/t19-/m1/s1. The summed E-state index contributed by atoms with van der Waals surface area (Å²) in [6, 6.07) is 14.8. The molecular formula is C19H19ClN2O3. The topological polar surface area (TPSA) is 51.1 Å². The largest absolute Gasteiger partial charge is 0.497 e. The van der Waals surface area contributed by atoms with Crippen LogP contribution < -0.4 is 4.74 Å². The molecule has 0 saturated carbocycles. The SMILES string of the molecule is COc1ccc(C[C@@]2(C)OC(c3ccc(Cl)cc3)=NN2C(C)=O)cc1. The number of hydrogen-bond donors (Lipinski definition) is 0. The van der Waals surface area contributed by atoms with Crippen LogP contribution in [-0.2, 0) is 16.0 Å². The number of halogens is 1. The smallest absolute Gasteiger partial charge is 0.243 e. The van der Waals surface area contributed by atoms with E-state index in [9.17, 15) is 4.79 Å². The fourth-order valence-electron chi connectivity index (χ4n) is 2.81. The molecule has 0 radical (unpaired) electrons. The number of carbonyl (C=O) groups excluding carboxylic acids is 1. The van der Waals surface area contributed by atoms with Gasteiger partial charge in [-0.2, -0.15) is 5.01 Å². The van der Waals surface area contributed by atoms with Gasteiger partial charge >= 0.3 is 0 Å². The van der Waals surface area contributed by atoms with Crippen molar-refractivity contribution in [1.29, 1.82) is 0 Å². The molecule has 0 unspecified atom stereocenters. The molecular weight excluding hydrogens is 340 g/mol. The molecule has 0 N–H and O–H groups in total. The van der Waals surface area contributed by atoms with Gasteiger partial charge in [0.15, 0.2) is 0 Å². The Morgan fingerprint density at radius 3 is 2.40 bits per heavy atom. The summed E-state index contributed by atoms with van der Waals surface area (Å²) >= 11 is 5.93. The number of carbonyl (C=O) groups is 1. The van der Waals surface area contributed by atoms with Gasteiger partial charge in [-0.15, -0.1) is 5.10 Å². The van der Waals surface area contributed by atoms with Gasteiger partial charge < -0.3 is 9.47 Å². The van der Waals surface area contributed by atoms with E-state index in [1.807, 2.05) is 43.3 Å². The Bertz CT molecular complexity index is 802. The second-order valence-electron chi connectivity index (χ2n) is 6.04. The molecule has 6 heteroatoms. The lowest BCUT2D eigenvalue weighted by Gasteiger charge is -2.30. The van der Waals surface area contributed by atoms with Crippen molar-refractivity contribution in [3.8, 4) is 5.75 Å². The minimum absolute atomic E-state index is 0.181. The molecule has 0 bridgehead atoms. The lowest BCUT2D eigenvalue weighted by Crippen LogP contribution is -2.45. The van der Waals surface area contributed by atoms with Crippen LogP contribution >= 0.6 is 11.6 Å². The molecule has 25 heavy (non-hydrogen) atoms. The summed E-state index contributed by atoms with van der Waals surface area (Å²) in [6.07, 6.45) is 0.497. The van der Waals surface area contributed by atoms with Crippen molar-refractivity contribution < 1.29 is 14.3 Å². The highest BCUT2D eigenvalue weighted by Gasteiger charge is 2.43. The van der Waals surface area contributed by atoms with Crippen LogP contribution in [0.25, 0.3) is 0 Å². The van der Waals surface area contributed by atoms with E-state index in [4.69, 9.17) is 21.1 Å². The quantitative estimate of drug-likeness (QED) is 0.834. The Kier molecular flexibility index (Phi) is 4.68. The molecule has 0 aromatic heterocycles. The van der Waals surface area contributed by atoms with Gasteiger partial charge in [-0.1, -0.05) is 23.7 Å². The van der Waals surface area contributed by atoms with Gasteiger partial charge in [0, 0.05) is 23.9 Å². The summed E-state index contributed by atoms with van der Waals surface area (Å²) in [5.41, 5.74) is 0.895. The summed E-state index contributed by atoms with van der Waals surface area (Å²) < 4.78 is 11.3. The number of amides is 1. The molecule has 1 amide bonds. The van der Waals surface area contributed by atoms with Crippen LogP contribution in [0.2, 0.25) is 5.02 Å². The van der Waals surface area contributed by atoms with Crippen molar-refractivity contribution in [1.82, 2.24) is 5.01 Å². The first kappa shape index (κ1) is 17.3. The summed E-state index contributed by atoms with van der Waals surface area (Å²) in [5.74, 6) is 1.01. The van der Waals surface area contributed by atoms with E-state index in [0.717, 1.165) is 16.9 Å². The van der Waals surface area contributed by atoms with Crippen LogP contribution in [0.5, 0.6) is 5.75 Å². The highest BCUT2D eigenvalue weighted by molar-refractivity contribution is 6.30. The maximum absolute atomic E-state index is 12.1. The molecule has 0 spiro atoms. The normalized spacial score (nSPS) is 19.4. The monoisotopic (exact) mass is 358 g/mol. The van der Waals surface area contributed by atoms with Gasteiger partial charge in [0.2, 0.25) is 17.5 Å². The van der Waals surface area contributed by atoms with Gasteiger partial charge in [-0.25, -0.2) is 0 Å². The molecule has 130 valence electrons. The first-order chi connectivity index (χ1) is 11.9. The van der Waals surface area contributed by atoms with Crippen molar-refractivity contribution in [3.05, 3.63) is 64.7 Å². The molecule has 5 nitrogen and oxygen atoms in total. The zero-order valence-corrected chi connectivity index (χ0v) is 15.1. The van der Waals surface area contributed by atoms with Gasteiger partial charge in [0.25, 0.3) is 0 Å². The second kappa shape index (κ2) is 6.76. The maximum Gasteiger partial charge on any atom is 0.243 e. The molecule has 3 rings (SSSR count). The number of benzene rings is 2. The second-order valence-corrected chi connectivity index (χ2v) is 6.48. The van der Waals surface area contributed by atoms with Crippen LogP contribution in [0, 0.1) is 0 Å². The zero-order chi connectivity index (χ0) is 18.0. The minimum Gasteiger partial charge on any atom is -0.497 e. The van der Waals surface area contributed by atoms with E-state index >= 15 is 0 Å². The van der Waals surface area contributed by atoms with Crippen molar-refractivity contribution in [2.75, 3.05) is 7.11 Å². The number of rotatable bonds is 4. The van der Waals surface area contributed by atoms with Crippen molar-refractivity contribution in [2.45, 2.75) is 26.0 Å². The molecule has 1 aliphatic rings. The fraction of sp³-hybridized carbons (Fsp3) is 0.263. The first-order valence-corrected chi connectivity index (χ1v) is 8.26. The number of nitrogens with zero attached hydrogens (tertiary/aromatic N) is 2. The van der Waals surface area contributed by atoms with Crippen molar-refractivity contribution >= 4 is 23.4 Å². The molecule has 0 fully saturated rings. The highest BCUT2D eigenvalue weighted by Crippen LogP contribution is 2.31. The first-order valence-electron chi connectivity index (χ1n) is 7.88. The van der Waals surface area contributed by atoms with Gasteiger partial charge in [-0.3, -0.25) is 4.79 Å². The Morgan fingerprint density at radius 2 is 1.84 bits per heavy atom. The lowest BCUT2D eigenvalue weighted by molar-refractivity contribution is -0.144. The number of hydrazone groups is 1. The van der Waals surface area contributed by atoms with Gasteiger partial charge in [-0.05, 0) is 48.9 Å². The molecule has 0 saturated heterocycles. The van der Waals surface area contributed by atoms with Gasteiger partial charge in [0.1, 0.15) is 5.75 Å². The summed E-state index contributed by atoms with van der Waals surface area (Å²) in [4.78, 5) is 12.1. The third-order valence-corrected chi connectivity index (χ3v) is 4.29. The molecule has 2 aromatic rings. The lowest BCUT2D eigenvalue weighted by atomic mass is 10.0. The van der Waals surface area contributed by atoms with Crippen molar-refractivity contribution in [3.63, 3.8) is 0 Å². The Labute approximate surface area is 151 Å². The zero-order valence-electron chi connectivity index (χ0n) is 14.3. The summed E-state index contributed by atoms with van der Waals surface area (Å²) in [6.45, 7) is 3.33. The molecule has 1 heterocycles. The Morgan fingerprint density at radius 1 is 1.20 bits per heavy atom. The number of hydrogen-bond acceptors (Lipinski definition) is 4. The molecule has 1 aliphatic heterocycles. The van der Waals surface area contributed by atoms with E-state index in [1.165, 1.54) is 11.9 Å². The average molecular weight is 359 g/mol. The van der Waals surface area contributed by atoms with E-state index in [1.54, 1.807) is 19.2 Å². The Balaban J connectivity index is 1.86. The van der Waals surface area contributed by atoms with Crippen LogP contribution in [0.1, 0.15) is 25.0 Å². The van der Waals surface area contributed by atoms with Crippen molar-refractivity contribution in [2.24, 2.45) is 5.10 Å². The van der Waals surface area contributed by atoms with E-state index in [-0.39, 0.29) is 5.91 Å². The predicted molar refractivity (Wildman–Crippen MR) is 96.7 cm³/mol.